The summed E-state index contributed by atoms with van der Waals surface area (Å²) >= 11 is 2.84. The number of carbonyl (C=O) groups is 1. The molecule has 0 aliphatic heterocycles. The van der Waals surface area contributed by atoms with Gasteiger partial charge in [0.25, 0.3) is 0 Å². The zero-order valence-corrected chi connectivity index (χ0v) is 14.6. The Balaban J connectivity index is 1.57. The highest BCUT2D eigenvalue weighted by Gasteiger charge is 2.09. The van der Waals surface area contributed by atoms with Gasteiger partial charge in [-0.05, 0) is 43.3 Å². The van der Waals surface area contributed by atoms with E-state index in [0.29, 0.717) is 10.9 Å². The summed E-state index contributed by atoms with van der Waals surface area (Å²) < 4.78 is 12.9. The van der Waals surface area contributed by atoms with Crippen LogP contribution in [0.2, 0.25) is 0 Å². The fourth-order valence-corrected chi connectivity index (χ4v) is 3.46. The van der Waals surface area contributed by atoms with Crippen LogP contribution in [0.1, 0.15) is 5.56 Å². The average molecular weight is 358 g/mol. The summed E-state index contributed by atoms with van der Waals surface area (Å²) in [7, 11) is 0. The predicted molar refractivity (Wildman–Crippen MR) is 98.0 cm³/mol. The van der Waals surface area contributed by atoms with Gasteiger partial charge >= 0.3 is 0 Å². The SMILES string of the molecule is Cc1ccc(SCC(=O)Nc2nc(-c3ccc(F)cc3)cs2)cc1. The predicted octanol–water partition coefficient (Wildman–Crippen LogP) is 4.99. The number of hydrogen-bond acceptors (Lipinski definition) is 4. The second-order valence-corrected chi connectivity index (χ2v) is 7.10. The standard InChI is InChI=1S/C18H15FN2OS2/c1-12-2-8-15(9-3-12)23-11-17(22)21-18-20-16(10-24-18)13-4-6-14(19)7-5-13/h2-10H,11H2,1H3,(H,20,21,22). The number of carbonyl (C=O) groups excluding carboxylic acids is 1. The first-order valence-electron chi connectivity index (χ1n) is 7.31. The minimum atomic E-state index is -0.282. The second kappa shape index (κ2) is 7.59. The van der Waals surface area contributed by atoms with Gasteiger partial charge in [0.05, 0.1) is 11.4 Å². The lowest BCUT2D eigenvalue weighted by Gasteiger charge is -2.02. The lowest BCUT2D eigenvalue weighted by molar-refractivity contribution is -0.113. The van der Waals surface area contributed by atoms with E-state index in [2.05, 4.69) is 10.3 Å². The Morgan fingerprint density at radius 3 is 2.58 bits per heavy atom. The lowest BCUT2D eigenvalue weighted by Crippen LogP contribution is -2.13. The van der Waals surface area contributed by atoms with E-state index in [4.69, 9.17) is 0 Å². The molecule has 0 fully saturated rings. The minimum absolute atomic E-state index is 0.0967. The van der Waals surface area contributed by atoms with Crippen molar-refractivity contribution in [1.82, 2.24) is 4.98 Å². The molecule has 0 saturated carbocycles. The van der Waals surface area contributed by atoms with Crippen molar-refractivity contribution in [3.63, 3.8) is 0 Å². The van der Waals surface area contributed by atoms with Gasteiger partial charge in [-0.15, -0.1) is 23.1 Å². The lowest BCUT2D eigenvalue weighted by atomic mass is 10.2. The van der Waals surface area contributed by atoms with E-state index < -0.39 is 0 Å². The number of hydrogen-bond donors (Lipinski definition) is 1. The summed E-state index contributed by atoms with van der Waals surface area (Å²) in [4.78, 5) is 17.5. The summed E-state index contributed by atoms with van der Waals surface area (Å²) in [5.74, 6) is -0.0506. The Hall–Kier alpha value is -2.18. The van der Waals surface area contributed by atoms with Crippen LogP contribution in [0.3, 0.4) is 0 Å². The topological polar surface area (TPSA) is 42.0 Å². The van der Waals surface area contributed by atoms with Gasteiger partial charge in [0.2, 0.25) is 5.91 Å². The van der Waals surface area contributed by atoms with Gasteiger partial charge in [0.15, 0.2) is 5.13 Å². The Morgan fingerprint density at radius 2 is 1.88 bits per heavy atom. The van der Waals surface area contributed by atoms with Crippen molar-refractivity contribution in [2.24, 2.45) is 0 Å². The molecule has 2 aromatic carbocycles. The maximum Gasteiger partial charge on any atom is 0.236 e. The van der Waals surface area contributed by atoms with E-state index in [1.54, 1.807) is 12.1 Å². The molecular weight excluding hydrogens is 343 g/mol. The van der Waals surface area contributed by atoms with Gasteiger partial charge in [0.1, 0.15) is 5.82 Å². The first-order valence-corrected chi connectivity index (χ1v) is 9.17. The van der Waals surface area contributed by atoms with Crippen LogP contribution in [-0.2, 0) is 4.79 Å². The maximum absolute atomic E-state index is 12.9. The molecule has 0 atom stereocenters. The highest BCUT2D eigenvalue weighted by Crippen LogP contribution is 2.25. The van der Waals surface area contributed by atoms with Crippen LogP contribution < -0.4 is 5.32 Å². The number of aryl methyl sites for hydroxylation is 1. The van der Waals surface area contributed by atoms with Crippen molar-refractivity contribution in [3.8, 4) is 11.3 Å². The molecule has 3 nitrogen and oxygen atoms in total. The van der Waals surface area contributed by atoms with Gasteiger partial charge < -0.3 is 5.32 Å². The highest BCUT2D eigenvalue weighted by molar-refractivity contribution is 8.00. The van der Waals surface area contributed by atoms with Crippen molar-refractivity contribution in [2.75, 3.05) is 11.1 Å². The number of rotatable bonds is 5. The Labute approximate surface area is 148 Å². The summed E-state index contributed by atoms with van der Waals surface area (Å²) in [6.07, 6.45) is 0. The zero-order chi connectivity index (χ0) is 16.9. The van der Waals surface area contributed by atoms with Crippen molar-refractivity contribution >= 4 is 34.1 Å². The van der Waals surface area contributed by atoms with E-state index in [1.165, 1.54) is 40.8 Å². The number of halogens is 1. The molecule has 0 bridgehead atoms. The molecule has 0 aliphatic rings. The van der Waals surface area contributed by atoms with Crippen LogP contribution in [0.25, 0.3) is 11.3 Å². The van der Waals surface area contributed by atoms with Crippen LogP contribution in [0.15, 0.2) is 58.8 Å². The zero-order valence-electron chi connectivity index (χ0n) is 13.0. The number of thiazole rings is 1. The first kappa shape index (κ1) is 16.7. The summed E-state index contributed by atoms with van der Waals surface area (Å²) in [5, 5.41) is 5.19. The first-order chi connectivity index (χ1) is 11.6. The van der Waals surface area contributed by atoms with Gasteiger partial charge in [-0.2, -0.15) is 0 Å². The van der Waals surface area contributed by atoms with Crippen molar-refractivity contribution < 1.29 is 9.18 Å². The molecule has 6 heteroatoms. The van der Waals surface area contributed by atoms with Crippen LogP contribution >= 0.6 is 23.1 Å². The number of anilines is 1. The fraction of sp³-hybridized carbons (Fsp3) is 0.111. The third kappa shape index (κ3) is 4.43. The van der Waals surface area contributed by atoms with Crippen molar-refractivity contribution in [2.45, 2.75) is 11.8 Å². The molecule has 0 spiro atoms. The van der Waals surface area contributed by atoms with Crippen LogP contribution in [-0.4, -0.2) is 16.6 Å². The van der Waals surface area contributed by atoms with Crippen LogP contribution in [0, 0.1) is 12.7 Å². The number of aromatic nitrogens is 1. The number of thioether (sulfide) groups is 1. The van der Waals surface area contributed by atoms with E-state index in [1.807, 2.05) is 36.6 Å². The van der Waals surface area contributed by atoms with Gasteiger partial charge in [-0.25, -0.2) is 9.37 Å². The Kier molecular flexibility index (Phi) is 5.27. The minimum Gasteiger partial charge on any atom is -0.301 e. The number of nitrogens with one attached hydrogen (secondary N) is 1. The molecule has 1 aromatic heterocycles. The normalized spacial score (nSPS) is 10.6. The molecule has 0 aliphatic carbocycles. The maximum atomic E-state index is 12.9. The second-order valence-electron chi connectivity index (χ2n) is 5.19. The molecule has 0 radical (unpaired) electrons. The van der Waals surface area contributed by atoms with E-state index in [9.17, 15) is 9.18 Å². The summed E-state index contributed by atoms with van der Waals surface area (Å²) in [6.45, 7) is 2.03. The number of amides is 1. The van der Waals surface area contributed by atoms with Gasteiger partial charge in [-0.1, -0.05) is 17.7 Å². The number of benzene rings is 2. The van der Waals surface area contributed by atoms with Crippen LogP contribution in [0.5, 0.6) is 0 Å². The molecule has 0 saturated heterocycles. The van der Waals surface area contributed by atoms with E-state index in [0.717, 1.165) is 16.2 Å². The average Bonchev–Trinajstić information content (AvgIpc) is 3.03. The summed E-state index contributed by atoms with van der Waals surface area (Å²) in [5.41, 5.74) is 2.74. The molecule has 0 unspecified atom stereocenters. The van der Waals surface area contributed by atoms with Gasteiger partial charge in [0, 0.05) is 15.8 Å². The Bertz CT molecular complexity index is 829. The Morgan fingerprint density at radius 1 is 1.17 bits per heavy atom. The highest BCUT2D eigenvalue weighted by atomic mass is 32.2. The molecule has 1 N–H and O–H groups in total. The smallest absolute Gasteiger partial charge is 0.236 e. The fourth-order valence-electron chi connectivity index (χ4n) is 2.02. The van der Waals surface area contributed by atoms with Crippen LogP contribution in [0.4, 0.5) is 9.52 Å². The molecule has 122 valence electrons. The van der Waals surface area contributed by atoms with Crippen molar-refractivity contribution in [1.29, 1.82) is 0 Å². The van der Waals surface area contributed by atoms with Gasteiger partial charge in [-0.3, -0.25) is 4.79 Å². The third-order valence-electron chi connectivity index (χ3n) is 3.28. The quantitative estimate of drug-likeness (QED) is 0.654. The largest absolute Gasteiger partial charge is 0.301 e. The molecule has 1 amide bonds. The molecule has 1 heterocycles. The van der Waals surface area contributed by atoms with Crippen molar-refractivity contribution in [3.05, 3.63) is 65.3 Å². The molecular formula is C18H15FN2OS2. The molecule has 3 aromatic rings. The van der Waals surface area contributed by atoms with E-state index >= 15 is 0 Å². The monoisotopic (exact) mass is 358 g/mol. The molecule has 24 heavy (non-hydrogen) atoms. The number of nitrogens with zero attached hydrogens (tertiary/aromatic N) is 1. The third-order valence-corrected chi connectivity index (χ3v) is 5.05. The summed E-state index contributed by atoms with van der Waals surface area (Å²) in [6, 6.07) is 14.2. The molecule has 3 rings (SSSR count). The van der Waals surface area contributed by atoms with E-state index in [-0.39, 0.29) is 11.7 Å².